The van der Waals surface area contributed by atoms with Crippen LogP contribution in [0, 0.1) is 5.92 Å². The number of hydrogen-bond donors (Lipinski definition) is 1. The largest absolute Gasteiger partial charge is 0.383 e. The zero-order valence-electron chi connectivity index (χ0n) is 15.6. The minimum atomic E-state index is -0.903. The third-order valence-electron chi connectivity index (χ3n) is 6.01. The van der Waals surface area contributed by atoms with Gasteiger partial charge >= 0.3 is 0 Å². The summed E-state index contributed by atoms with van der Waals surface area (Å²) in [5, 5.41) is 10.5. The molecule has 7 nitrogen and oxygen atoms in total. The number of rotatable bonds is 4. The summed E-state index contributed by atoms with van der Waals surface area (Å²) in [6, 6.07) is 0. The van der Waals surface area contributed by atoms with Crippen LogP contribution >= 0.6 is 0 Å². The molecule has 0 aromatic rings. The molecule has 0 unspecified atom stereocenters. The van der Waals surface area contributed by atoms with Gasteiger partial charge in [0.25, 0.3) is 5.91 Å². The number of carbonyl (C=O) groups is 3. The van der Waals surface area contributed by atoms with Crippen LogP contribution in [0.15, 0.2) is 0 Å². The molecule has 0 radical (unpaired) electrons. The second kappa shape index (κ2) is 8.84. The van der Waals surface area contributed by atoms with Crippen LogP contribution in [-0.2, 0) is 14.4 Å². The van der Waals surface area contributed by atoms with Gasteiger partial charge in [0.1, 0.15) is 6.10 Å². The molecule has 3 fully saturated rings. The number of amides is 3. The van der Waals surface area contributed by atoms with Gasteiger partial charge in [-0.2, -0.15) is 0 Å². The van der Waals surface area contributed by atoms with Crippen LogP contribution in [0.3, 0.4) is 0 Å². The van der Waals surface area contributed by atoms with Crippen molar-refractivity contribution in [1.29, 1.82) is 0 Å². The van der Waals surface area contributed by atoms with E-state index < -0.39 is 6.10 Å². The molecule has 0 bridgehead atoms. The Balaban J connectivity index is 1.50. The average Bonchev–Trinajstić information content (AvgIpc) is 2.92. The normalized spacial score (nSPS) is 23.9. The highest BCUT2D eigenvalue weighted by Gasteiger charge is 2.32. The molecular formula is C19H31N3O4. The third-order valence-corrected chi connectivity index (χ3v) is 6.01. The molecule has 0 aromatic heterocycles. The fourth-order valence-corrected chi connectivity index (χ4v) is 4.36. The van der Waals surface area contributed by atoms with Crippen LogP contribution in [0.1, 0.15) is 51.4 Å². The first-order valence-corrected chi connectivity index (χ1v) is 10.1. The van der Waals surface area contributed by atoms with Crippen LogP contribution in [0.5, 0.6) is 0 Å². The van der Waals surface area contributed by atoms with Crippen LogP contribution in [0.25, 0.3) is 0 Å². The summed E-state index contributed by atoms with van der Waals surface area (Å²) in [4.78, 5) is 42.0. The standard InChI is InChI=1S/C19H31N3O4/c23-16-8-4-9-22(16)14-17(24)20-10-5-11-21(13-12-20)19(26)18(25)15-6-2-1-3-7-15/h15,18,25H,1-14H2/t18-/m1/s1. The van der Waals surface area contributed by atoms with E-state index in [0.29, 0.717) is 45.6 Å². The van der Waals surface area contributed by atoms with Gasteiger partial charge in [-0.3, -0.25) is 14.4 Å². The van der Waals surface area contributed by atoms with Crippen LogP contribution < -0.4 is 0 Å². The molecule has 3 rings (SSSR count). The molecular weight excluding hydrogens is 334 g/mol. The first-order valence-electron chi connectivity index (χ1n) is 10.1. The molecule has 1 saturated carbocycles. The molecule has 1 N–H and O–H groups in total. The van der Waals surface area contributed by atoms with Crippen molar-refractivity contribution in [3.05, 3.63) is 0 Å². The smallest absolute Gasteiger partial charge is 0.251 e. The topological polar surface area (TPSA) is 81.2 Å². The number of carbonyl (C=O) groups excluding carboxylic acids is 3. The second-order valence-corrected chi connectivity index (χ2v) is 7.82. The van der Waals surface area contributed by atoms with Crippen molar-refractivity contribution < 1.29 is 19.5 Å². The monoisotopic (exact) mass is 365 g/mol. The van der Waals surface area contributed by atoms with Gasteiger partial charge in [-0.1, -0.05) is 19.3 Å². The van der Waals surface area contributed by atoms with Crippen molar-refractivity contribution in [1.82, 2.24) is 14.7 Å². The predicted octanol–water partition coefficient (Wildman–Crippen LogP) is 0.611. The molecule has 0 aromatic carbocycles. The first-order chi connectivity index (χ1) is 12.6. The SMILES string of the molecule is O=C(CN1CCCC1=O)N1CCCN(C(=O)[C@H](O)C2CCCCC2)CC1. The Morgan fingerprint density at radius 3 is 2.31 bits per heavy atom. The van der Waals surface area contributed by atoms with Crippen molar-refractivity contribution in [2.45, 2.75) is 57.5 Å². The van der Waals surface area contributed by atoms with Gasteiger partial charge in [0, 0.05) is 39.1 Å². The number of hydrogen-bond acceptors (Lipinski definition) is 4. The third kappa shape index (κ3) is 4.55. The van der Waals surface area contributed by atoms with Gasteiger partial charge in [0.05, 0.1) is 6.54 Å². The minimum Gasteiger partial charge on any atom is -0.383 e. The average molecular weight is 365 g/mol. The summed E-state index contributed by atoms with van der Waals surface area (Å²) in [7, 11) is 0. The van der Waals surface area contributed by atoms with Gasteiger partial charge in [0.15, 0.2) is 0 Å². The van der Waals surface area contributed by atoms with E-state index in [1.165, 1.54) is 6.42 Å². The molecule has 2 aliphatic heterocycles. The summed E-state index contributed by atoms with van der Waals surface area (Å²) in [6.45, 7) is 2.93. The molecule has 1 atom stereocenters. The quantitative estimate of drug-likeness (QED) is 0.792. The van der Waals surface area contributed by atoms with Crippen molar-refractivity contribution in [3.8, 4) is 0 Å². The molecule has 2 saturated heterocycles. The van der Waals surface area contributed by atoms with E-state index in [-0.39, 0.29) is 30.2 Å². The van der Waals surface area contributed by atoms with E-state index in [4.69, 9.17) is 0 Å². The maximum Gasteiger partial charge on any atom is 0.251 e. The Morgan fingerprint density at radius 2 is 1.62 bits per heavy atom. The Kier molecular flexibility index (Phi) is 6.51. The fraction of sp³-hybridized carbons (Fsp3) is 0.842. The summed E-state index contributed by atoms with van der Waals surface area (Å²) in [5.74, 6) is -0.0812. The maximum absolute atomic E-state index is 12.7. The maximum atomic E-state index is 12.7. The van der Waals surface area contributed by atoms with E-state index in [0.717, 1.165) is 32.1 Å². The molecule has 146 valence electrons. The fourth-order valence-electron chi connectivity index (χ4n) is 4.36. The lowest BCUT2D eigenvalue weighted by Gasteiger charge is -2.30. The summed E-state index contributed by atoms with van der Waals surface area (Å²) in [6.07, 6.45) is 6.39. The molecule has 1 aliphatic carbocycles. The van der Waals surface area contributed by atoms with Crippen LogP contribution in [0.2, 0.25) is 0 Å². The minimum absolute atomic E-state index is 0.0395. The van der Waals surface area contributed by atoms with Gasteiger partial charge in [-0.25, -0.2) is 0 Å². The lowest BCUT2D eigenvalue weighted by atomic mass is 9.85. The summed E-state index contributed by atoms with van der Waals surface area (Å²) in [5.41, 5.74) is 0. The second-order valence-electron chi connectivity index (χ2n) is 7.82. The van der Waals surface area contributed by atoms with E-state index in [2.05, 4.69) is 0 Å². The molecule has 3 aliphatic rings. The molecule has 7 heteroatoms. The van der Waals surface area contributed by atoms with Gasteiger partial charge in [-0.15, -0.1) is 0 Å². The van der Waals surface area contributed by atoms with Crippen molar-refractivity contribution in [3.63, 3.8) is 0 Å². The summed E-state index contributed by atoms with van der Waals surface area (Å²) >= 11 is 0. The molecule has 26 heavy (non-hydrogen) atoms. The lowest BCUT2D eigenvalue weighted by Crippen LogP contribution is -2.46. The van der Waals surface area contributed by atoms with Gasteiger partial charge in [-0.05, 0) is 31.6 Å². The van der Waals surface area contributed by atoms with Crippen molar-refractivity contribution in [2.75, 3.05) is 39.3 Å². The van der Waals surface area contributed by atoms with Gasteiger partial charge < -0.3 is 19.8 Å². The van der Waals surface area contributed by atoms with Crippen molar-refractivity contribution >= 4 is 17.7 Å². The van der Waals surface area contributed by atoms with E-state index in [1.807, 2.05) is 0 Å². The lowest BCUT2D eigenvalue weighted by molar-refractivity contribution is -0.144. The Morgan fingerprint density at radius 1 is 0.923 bits per heavy atom. The number of aliphatic hydroxyl groups is 1. The highest BCUT2D eigenvalue weighted by Crippen LogP contribution is 2.27. The Hall–Kier alpha value is -1.63. The molecule has 0 spiro atoms. The number of aliphatic hydroxyl groups excluding tert-OH is 1. The summed E-state index contributed by atoms with van der Waals surface area (Å²) < 4.78 is 0. The number of nitrogens with zero attached hydrogens (tertiary/aromatic N) is 3. The van der Waals surface area contributed by atoms with Gasteiger partial charge in [0.2, 0.25) is 11.8 Å². The number of likely N-dealkylation sites (tertiary alicyclic amines) is 1. The highest BCUT2D eigenvalue weighted by molar-refractivity contribution is 5.86. The first kappa shape index (κ1) is 19.1. The predicted molar refractivity (Wildman–Crippen MR) is 96.2 cm³/mol. The molecule has 3 amide bonds. The van der Waals surface area contributed by atoms with Crippen LogP contribution in [0.4, 0.5) is 0 Å². The van der Waals surface area contributed by atoms with E-state index >= 15 is 0 Å². The van der Waals surface area contributed by atoms with E-state index in [9.17, 15) is 19.5 Å². The zero-order valence-corrected chi connectivity index (χ0v) is 15.6. The highest BCUT2D eigenvalue weighted by atomic mass is 16.3. The Bertz CT molecular complexity index is 533. The van der Waals surface area contributed by atoms with Crippen LogP contribution in [-0.4, -0.2) is 82.9 Å². The Labute approximate surface area is 155 Å². The van der Waals surface area contributed by atoms with E-state index in [1.54, 1.807) is 14.7 Å². The zero-order chi connectivity index (χ0) is 18.5. The molecule has 2 heterocycles. The van der Waals surface area contributed by atoms with Crippen molar-refractivity contribution in [2.24, 2.45) is 5.92 Å².